The minimum Gasteiger partial charge on any atom is -0.478 e. The second-order valence-electron chi connectivity index (χ2n) is 3.89. The van der Waals surface area contributed by atoms with Crippen molar-refractivity contribution in [3.63, 3.8) is 0 Å². The van der Waals surface area contributed by atoms with Crippen molar-refractivity contribution < 1.29 is 14.8 Å². The molecule has 0 saturated carbocycles. The lowest BCUT2D eigenvalue weighted by Crippen LogP contribution is -2.15. The van der Waals surface area contributed by atoms with Gasteiger partial charge in [0.25, 0.3) is 5.69 Å². The van der Waals surface area contributed by atoms with Gasteiger partial charge in [0.15, 0.2) is 0 Å². The third-order valence-electron chi connectivity index (χ3n) is 2.20. The van der Waals surface area contributed by atoms with Gasteiger partial charge in [-0.2, -0.15) is 0 Å². The fourth-order valence-electron chi connectivity index (χ4n) is 1.26. The van der Waals surface area contributed by atoms with Crippen molar-refractivity contribution in [2.75, 3.05) is 26.4 Å². The molecule has 0 spiro atoms. The van der Waals surface area contributed by atoms with Crippen LogP contribution < -0.4 is 0 Å². The Morgan fingerprint density at radius 2 is 2.17 bits per heavy atom. The minimum atomic E-state index is -1.15. The lowest BCUT2D eigenvalue weighted by molar-refractivity contribution is -0.384. The number of nitrogens with zero attached hydrogens (tertiary/aromatic N) is 2. The molecular weight excluding hydrogens is 256 g/mol. The molecule has 0 amide bonds. The van der Waals surface area contributed by atoms with Crippen LogP contribution in [0.4, 0.5) is 5.69 Å². The Bertz CT molecular complexity index is 462. The van der Waals surface area contributed by atoms with Gasteiger partial charge >= 0.3 is 5.97 Å². The normalized spacial score (nSPS) is 10.6. The molecule has 0 fully saturated rings. The largest absolute Gasteiger partial charge is 0.478 e. The van der Waals surface area contributed by atoms with Gasteiger partial charge in [0.1, 0.15) is 0 Å². The molecule has 7 heteroatoms. The highest BCUT2D eigenvalue weighted by atomic mass is 32.2. The number of benzene rings is 1. The van der Waals surface area contributed by atoms with Crippen LogP contribution in [0.25, 0.3) is 0 Å². The molecule has 18 heavy (non-hydrogen) atoms. The number of nitro benzene ring substituents is 1. The number of thioether (sulfide) groups is 1. The number of hydrogen-bond donors (Lipinski definition) is 1. The molecule has 0 aliphatic carbocycles. The van der Waals surface area contributed by atoms with Crippen molar-refractivity contribution in [1.82, 2.24) is 4.90 Å². The van der Waals surface area contributed by atoms with Crippen LogP contribution in [0.2, 0.25) is 0 Å². The fourth-order valence-corrected chi connectivity index (χ4v) is 2.41. The molecule has 0 saturated heterocycles. The van der Waals surface area contributed by atoms with Crippen molar-refractivity contribution in [2.45, 2.75) is 4.90 Å². The predicted molar refractivity (Wildman–Crippen MR) is 69.3 cm³/mol. The lowest BCUT2D eigenvalue weighted by Gasteiger charge is -2.10. The van der Waals surface area contributed by atoms with Crippen LogP contribution in [-0.2, 0) is 0 Å². The number of carbonyl (C=O) groups is 1. The Hall–Kier alpha value is -1.60. The lowest BCUT2D eigenvalue weighted by atomic mass is 10.2. The van der Waals surface area contributed by atoms with E-state index >= 15 is 0 Å². The molecule has 0 aromatic heterocycles. The summed E-state index contributed by atoms with van der Waals surface area (Å²) in [4.78, 5) is 23.6. The molecule has 0 heterocycles. The van der Waals surface area contributed by atoms with Crippen molar-refractivity contribution in [3.8, 4) is 0 Å². The monoisotopic (exact) mass is 270 g/mol. The molecule has 1 rings (SSSR count). The van der Waals surface area contributed by atoms with E-state index in [1.54, 1.807) is 0 Å². The van der Waals surface area contributed by atoms with Gasteiger partial charge < -0.3 is 10.0 Å². The molecule has 98 valence electrons. The molecule has 6 nitrogen and oxygen atoms in total. The van der Waals surface area contributed by atoms with E-state index in [2.05, 4.69) is 0 Å². The first-order valence-corrected chi connectivity index (χ1v) is 6.19. The number of hydrogen-bond acceptors (Lipinski definition) is 5. The van der Waals surface area contributed by atoms with Gasteiger partial charge in [0.05, 0.1) is 10.5 Å². The van der Waals surface area contributed by atoms with Crippen LogP contribution in [-0.4, -0.2) is 47.3 Å². The minimum absolute atomic E-state index is 0.0204. The number of nitro groups is 1. The zero-order chi connectivity index (χ0) is 13.7. The van der Waals surface area contributed by atoms with Gasteiger partial charge in [0, 0.05) is 29.3 Å². The Balaban J connectivity index is 2.90. The number of non-ortho nitro benzene ring substituents is 1. The van der Waals surface area contributed by atoms with Crippen LogP contribution in [0.5, 0.6) is 0 Å². The highest BCUT2D eigenvalue weighted by Crippen LogP contribution is 2.26. The van der Waals surface area contributed by atoms with E-state index in [1.165, 1.54) is 23.9 Å². The smallest absolute Gasteiger partial charge is 0.337 e. The second kappa shape index (κ2) is 6.36. The topological polar surface area (TPSA) is 83.7 Å². The predicted octanol–water partition coefficient (Wildman–Crippen LogP) is 1.95. The molecule has 1 aromatic carbocycles. The van der Waals surface area contributed by atoms with E-state index in [0.29, 0.717) is 4.90 Å². The van der Waals surface area contributed by atoms with Crippen molar-refractivity contribution >= 4 is 23.4 Å². The van der Waals surface area contributed by atoms with Gasteiger partial charge in [-0.25, -0.2) is 4.79 Å². The zero-order valence-electron chi connectivity index (χ0n) is 10.1. The highest BCUT2D eigenvalue weighted by molar-refractivity contribution is 7.99. The SMILES string of the molecule is CN(C)CCSc1ccc([N+](=O)[O-])cc1C(=O)O. The van der Waals surface area contributed by atoms with Gasteiger partial charge in [-0.15, -0.1) is 11.8 Å². The first-order chi connectivity index (χ1) is 8.41. The van der Waals surface area contributed by atoms with E-state index in [9.17, 15) is 14.9 Å². The molecule has 1 N–H and O–H groups in total. The van der Waals surface area contributed by atoms with Gasteiger partial charge in [-0.05, 0) is 20.2 Å². The Morgan fingerprint density at radius 3 is 2.67 bits per heavy atom. The Kier molecular flexibility index (Phi) is 5.11. The van der Waals surface area contributed by atoms with E-state index < -0.39 is 10.9 Å². The van der Waals surface area contributed by atoms with E-state index in [4.69, 9.17) is 5.11 Å². The number of carboxylic acid groups (broad SMARTS) is 1. The summed E-state index contributed by atoms with van der Waals surface area (Å²) in [5, 5.41) is 19.6. The first-order valence-electron chi connectivity index (χ1n) is 5.21. The zero-order valence-corrected chi connectivity index (χ0v) is 10.9. The molecule has 0 atom stereocenters. The summed E-state index contributed by atoms with van der Waals surface area (Å²) in [6.07, 6.45) is 0. The van der Waals surface area contributed by atoms with Gasteiger partial charge in [-0.1, -0.05) is 0 Å². The second-order valence-corrected chi connectivity index (χ2v) is 5.03. The average molecular weight is 270 g/mol. The summed E-state index contributed by atoms with van der Waals surface area (Å²) >= 11 is 1.38. The van der Waals surface area contributed by atoms with Crippen LogP contribution >= 0.6 is 11.8 Å². The summed E-state index contributed by atoms with van der Waals surface area (Å²) in [7, 11) is 3.85. The number of rotatable bonds is 6. The molecule has 0 aliphatic rings. The quantitative estimate of drug-likeness (QED) is 0.483. The first kappa shape index (κ1) is 14.5. The molecule has 0 bridgehead atoms. The standard InChI is InChI=1S/C11H14N2O4S/c1-12(2)5-6-18-10-4-3-8(13(16)17)7-9(10)11(14)15/h3-4,7H,5-6H2,1-2H3,(H,14,15). The van der Waals surface area contributed by atoms with Crippen molar-refractivity contribution in [2.24, 2.45) is 0 Å². The summed E-state index contributed by atoms with van der Waals surface area (Å²) in [5.74, 6) is -0.420. The van der Waals surface area contributed by atoms with E-state index in [0.717, 1.165) is 18.4 Å². The highest BCUT2D eigenvalue weighted by Gasteiger charge is 2.16. The molecule has 0 unspecified atom stereocenters. The molecule has 1 aromatic rings. The summed E-state index contributed by atoms with van der Waals surface area (Å²) in [6, 6.07) is 3.91. The maximum atomic E-state index is 11.0. The third-order valence-corrected chi connectivity index (χ3v) is 3.25. The molecule has 0 radical (unpaired) electrons. The summed E-state index contributed by atoms with van der Waals surface area (Å²) < 4.78 is 0. The van der Waals surface area contributed by atoms with Crippen molar-refractivity contribution in [1.29, 1.82) is 0 Å². The Morgan fingerprint density at radius 1 is 1.50 bits per heavy atom. The fraction of sp³-hybridized carbons (Fsp3) is 0.364. The Labute approximate surface area is 109 Å². The van der Waals surface area contributed by atoms with Crippen LogP contribution in [0, 0.1) is 10.1 Å². The molecule has 0 aliphatic heterocycles. The third kappa shape index (κ3) is 4.01. The number of carboxylic acids is 1. The van der Waals surface area contributed by atoms with Crippen LogP contribution in [0.3, 0.4) is 0 Å². The van der Waals surface area contributed by atoms with Crippen LogP contribution in [0.1, 0.15) is 10.4 Å². The van der Waals surface area contributed by atoms with Crippen molar-refractivity contribution in [3.05, 3.63) is 33.9 Å². The summed E-state index contributed by atoms with van der Waals surface area (Å²) in [5.41, 5.74) is -0.225. The maximum Gasteiger partial charge on any atom is 0.337 e. The summed E-state index contributed by atoms with van der Waals surface area (Å²) in [6.45, 7) is 0.806. The molecular formula is C11H14N2O4S. The van der Waals surface area contributed by atoms with E-state index in [1.807, 2.05) is 19.0 Å². The van der Waals surface area contributed by atoms with E-state index in [-0.39, 0.29) is 11.3 Å². The van der Waals surface area contributed by atoms with Gasteiger partial charge in [0.2, 0.25) is 0 Å². The van der Waals surface area contributed by atoms with Crippen LogP contribution in [0.15, 0.2) is 23.1 Å². The van der Waals surface area contributed by atoms with Gasteiger partial charge in [-0.3, -0.25) is 10.1 Å². The average Bonchev–Trinajstić information content (AvgIpc) is 2.28. The number of aromatic carboxylic acids is 1. The maximum absolute atomic E-state index is 11.0.